The molecule has 25 heavy (non-hydrogen) atoms. The number of aliphatic hydroxyl groups is 1. The van der Waals surface area contributed by atoms with Crippen molar-refractivity contribution in [2.45, 2.75) is 0 Å². The Morgan fingerprint density at radius 2 is 1.92 bits per heavy atom. The topological polar surface area (TPSA) is 86.8 Å². The number of nitrogens with zero attached hydrogens (tertiary/aromatic N) is 1. The number of aliphatic hydroxyl groups excluding tert-OH is 1. The van der Waals surface area contributed by atoms with E-state index < -0.39 is 5.82 Å². The third kappa shape index (κ3) is 3.56. The van der Waals surface area contributed by atoms with E-state index in [0.717, 1.165) is 0 Å². The fraction of sp³-hybridized carbons (Fsp3) is 0.167. The molecule has 3 N–H and O–H groups in total. The van der Waals surface area contributed by atoms with Crippen LogP contribution >= 0.6 is 0 Å². The molecule has 0 fully saturated rings. The van der Waals surface area contributed by atoms with Crippen molar-refractivity contribution in [3.8, 4) is 23.0 Å². The maximum atomic E-state index is 14.0. The molecule has 0 aliphatic heterocycles. The molecule has 3 aromatic rings. The lowest BCUT2D eigenvalue weighted by atomic mass is 10.1. The van der Waals surface area contributed by atoms with Gasteiger partial charge in [0.25, 0.3) is 0 Å². The van der Waals surface area contributed by atoms with E-state index in [1.807, 2.05) is 0 Å². The van der Waals surface area contributed by atoms with Gasteiger partial charge in [0.05, 0.1) is 19.2 Å². The standard InChI is InChI=1S/C18H17FN2O4/c1-23-17-9-12-14(10-18(17)24-7-6-22)21-5-4-15(12)25-16-3-2-11(20)8-13(16)19/h2-5,8-10,22H,6-7,20H2,1H3. The minimum absolute atomic E-state index is 0.0567. The number of hydrogen-bond acceptors (Lipinski definition) is 6. The number of pyridine rings is 1. The summed E-state index contributed by atoms with van der Waals surface area (Å²) in [4.78, 5) is 4.27. The summed E-state index contributed by atoms with van der Waals surface area (Å²) in [6.07, 6.45) is 1.55. The van der Waals surface area contributed by atoms with E-state index in [0.29, 0.717) is 33.8 Å². The van der Waals surface area contributed by atoms with E-state index in [1.165, 1.54) is 19.2 Å². The Balaban J connectivity index is 2.03. The van der Waals surface area contributed by atoms with Crippen LogP contribution in [0.4, 0.5) is 10.1 Å². The van der Waals surface area contributed by atoms with Crippen molar-refractivity contribution in [1.82, 2.24) is 4.98 Å². The molecule has 0 spiro atoms. The zero-order valence-corrected chi connectivity index (χ0v) is 13.5. The van der Waals surface area contributed by atoms with Gasteiger partial charge in [-0.2, -0.15) is 0 Å². The summed E-state index contributed by atoms with van der Waals surface area (Å²) in [6.45, 7) is 0.0168. The Morgan fingerprint density at radius 1 is 1.08 bits per heavy atom. The van der Waals surface area contributed by atoms with E-state index >= 15 is 0 Å². The van der Waals surface area contributed by atoms with Gasteiger partial charge in [-0.1, -0.05) is 0 Å². The fourth-order valence-corrected chi connectivity index (χ4v) is 2.36. The van der Waals surface area contributed by atoms with Crippen LogP contribution in [-0.2, 0) is 0 Å². The van der Waals surface area contributed by atoms with Gasteiger partial charge in [0, 0.05) is 29.4 Å². The molecule has 0 radical (unpaired) electrons. The molecule has 2 aromatic carbocycles. The first-order valence-electron chi connectivity index (χ1n) is 7.55. The van der Waals surface area contributed by atoms with Gasteiger partial charge in [-0.3, -0.25) is 4.98 Å². The van der Waals surface area contributed by atoms with Gasteiger partial charge >= 0.3 is 0 Å². The number of halogens is 1. The highest BCUT2D eigenvalue weighted by Crippen LogP contribution is 2.37. The van der Waals surface area contributed by atoms with Crippen LogP contribution in [0.25, 0.3) is 10.9 Å². The summed E-state index contributed by atoms with van der Waals surface area (Å²) in [5, 5.41) is 9.54. The zero-order valence-electron chi connectivity index (χ0n) is 13.5. The second-order valence-corrected chi connectivity index (χ2v) is 5.19. The maximum absolute atomic E-state index is 14.0. The largest absolute Gasteiger partial charge is 0.493 e. The third-order valence-corrected chi connectivity index (χ3v) is 3.51. The second-order valence-electron chi connectivity index (χ2n) is 5.19. The van der Waals surface area contributed by atoms with Crippen LogP contribution in [0, 0.1) is 5.82 Å². The smallest absolute Gasteiger partial charge is 0.167 e. The normalized spacial score (nSPS) is 10.7. The number of nitrogen functional groups attached to an aromatic ring is 1. The first-order chi connectivity index (χ1) is 12.1. The second kappa shape index (κ2) is 7.23. The lowest BCUT2D eigenvalue weighted by Gasteiger charge is -2.13. The van der Waals surface area contributed by atoms with E-state index in [9.17, 15) is 4.39 Å². The highest BCUT2D eigenvalue weighted by Gasteiger charge is 2.13. The van der Waals surface area contributed by atoms with Gasteiger partial charge in [0.15, 0.2) is 23.1 Å². The Labute approximate surface area is 143 Å². The number of hydrogen-bond donors (Lipinski definition) is 2. The molecule has 130 valence electrons. The van der Waals surface area contributed by atoms with Gasteiger partial charge in [0.1, 0.15) is 12.4 Å². The predicted octanol–water partition coefficient (Wildman–Crippen LogP) is 3.13. The third-order valence-electron chi connectivity index (χ3n) is 3.51. The Hall–Kier alpha value is -3.06. The van der Waals surface area contributed by atoms with Crippen LogP contribution in [0.3, 0.4) is 0 Å². The zero-order chi connectivity index (χ0) is 17.8. The summed E-state index contributed by atoms with van der Waals surface area (Å²) >= 11 is 0. The number of ether oxygens (including phenoxy) is 3. The Morgan fingerprint density at radius 3 is 2.64 bits per heavy atom. The maximum Gasteiger partial charge on any atom is 0.167 e. The highest BCUT2D eigenvalue weighted by molar-refractivity contribution is 5.88. The van der Waals surface area contributed by atoms with E-state index in [4.69, 9.17) is 25.1 Å². The number of anilines is 1. The van der Waals surface area contributed by atoms with Crippen molar-refractivity contribution >= 4 is 16.6 Å². The summed E-state index contributed by atoms with van der Waals surface area (Å²) in [5.41, 5.74) is 6.45. The first-order valence-corrected chi connectivity index (χ1v) is 7.55. The molecule has 0 saturated heterocycles. The van der Waals surface area contributed by atoms with E-state index in [2.05, 4.69) is 4.98 Å². The summed E-state index contributed by atoms with van der Waals surface area (Å²) < 4.78 is 30.4. The quantitative estimate of drug-likeness (QED) is 0.668. The lowest BCUT2D eigenvalue weighted by molar-refractivity contribution is 0.196. The minimum atomic E-state index is -0.556. The molecule has 1 aromatic heterocycles. The molecule has 7 heteroatoms. The van der Waals surface area contributed by atoms with Crippen LogP contribution in [0.15, 0.2) is 42.6 Å². The van der Waals surface area contributed by atoms with Crippen molar-refractivity contribution in [3.63, 3.8) is 0 Å². The van der Waals surface area contributed by atoms with Crippen LogP contribution in [0.1, 0.15) is 0 Å². The average molecular weight is 344 g/mol. The van der Waals surface area contributed by atoms with Crippen molar-refractivity contribution in [3.05, 3.63) is 48.4 Å². The molecule has 6 nitrogen and oxygen atoms in total. The SMILES string of the molecule is COc1cc2c(Oc3ccc(N)cc3F)ccnc2cc1OCCO. The summed E-state index contributed by atoms with van der Waals surface area (Å²) in [7, 11) is 1.50. The summed E-state index contributed by atoms with van der Waals surface area (Å²) in [5.74, 6) is 0.825. The molecule has 0 aliphatic carbocycles. The average Bonchev–Trinajstić information content (AvgIpc) is 2.61. The number of nitrogens with two attached hydrogens (primary N) is 1. The van der Waals surface area contributed by atoms with Crippen LogP contribution < -0.4 is 19.9 Å². The van der Waals surface area contributed by atoms with Gasteiger partial charge < -0.3 is 25.1 Å². The fourth-order valence-electron chi connectivity index (χ4n) is 2.36. The lowest BCUT2D eigenvalue weighted by Crippen LogP contribution is -2.03. The Kier molecular flexibility index (Phi) is 4.85. The number of aromatic nitrogens is 1. The van der Waals surface area contributed by atoms with Crippen LogP contribution in [0.5, 0.6) is 23.0 Å². The molecule has 0 aliphatic rings. The molecular weight excluding hydrogens is 327 g/mol. The minimum Gasteiger partial charge on any atom is -0.493 e. The number of methoxy groups -OCH3 is 1. The van der Waals surface area contributed by atoms with Gasteiger partial charge in [-0.05, 0) is 24.3 Å². The number of benzene rings is 2. The van der Waals surface area contributed by atoms with Gasteiger partial charge in [0.2, 0.25) is 0 Å². The van der Waals surface area contributed by atoms with E-state index in [1.54, 1.807) is 30.5 Å². The Bertz CT molecular complexity index is 902. The first kappa shape index (κ1) is 16.8. The van der Waals surface area contributed by atoms with Crippen LogP contribution in [0.2, 0.25) is 0 Å². The van der Waals surface area contributed by atoms with Crippen molar-refractivity contribution in [1.29, 1.82) is 0 Å². The van der Waals surface area contributed by atoms with Crippen LogP contribution in [-0.4, -0.2) is 30.4 Å². The van der Waals surface area contributed by atoms with Crippen molar-refractivity contribution in [2.24, 2.45) is 0 Å². The molecule has 3 rings (SSSR count). The monoisotopic (exact) mass is 344 g/mol. The van der Waals surface area contributed by atoms with Crippen molar-refractivity contribution in [2.75, 3.05) is 26.1 Å². The number of rotatable bonds is 6. The molecule has 0 atom stereocenters. The van der Waals surface area contributed by atoms with Gasteiger partial charge in [-0.15, -0.1) is 0 Å². The predicted molar refractivity (Wildman–Crippen MR) is 91.8 cm³/mol. The molecule has 0 bridgehead atoms. The molecular formula is C18H17FN2O4. The molecule has 0 amide bonds. The van der Waals surface area contributed by atoms with E-state index in [-0.39, 0.29) is 19.0 Å². The highest BCUT2D eigenvalue weighted by atomic mass is 19.1. The molecule has 1 heterocycles. The van der Waals surface area contributed by atoms with Gasteiger partial charge in [-0.25, -0.2) is 4.39 Å². The van der Waals surface area contributed by atoms with Crippen molar-refractivity contribution < 1.29 is 23.7 Å². The molecule has 0 unspecified atom stereocenters. The molecule has 0 saturated carbocycles. The summed E-state index contributed by atoms with van der Waals surface area (Å²) in [6, 6.07) is 9.22. The number of fused-ring (bicyclic) bond motifs is 1.